The first-order valence-corrected chi connectivity index (χ1v) is 8.54. The Kier molecular flexibility index (Phi) is 4.33. The van der Waals surface area contributed by atoms with Crippen LogP contribution in [-0.2, 0) is 9.59 Å². The number of carbonyl (C=O) groups excluding carboxylic acids is 2. The van der Waals surface area contributed by atoms with Gasteiger partial charge in [-0.2, -0.15) is 5.10 Å². The van der Waals surface area contributed by atoms with Gasteiger partial charge in [-0.25, -0.2) is 4.68 Å². The molecule has 3 aromatic rings. The Balaban J connectivity index is 1.47. The number of ether oxygens (including phenoxy) is 1. The van der Waals surface area contributed by atoms with Crippen LogP contribution in [0.5, 0.6) is 5.75 Å². The predicted octanol–water partition coefficient (Wildman–Crippen LogP) is 2.54. The Bertz CT molecular complexity index is 981. The molecule has 7 nitrogen and oxygen atoms in total. The number of benzene rings is 2. The Morgan fingerprint density at radius 2 is 2.04 bits per heavy atom. The number of carbonyl (C=O) groups is 2. The van der Waals surface area contributed by atoms with Crippen molar-refractivity contribution in [3.63, 3.8) is 0 Å². The van der Waals surface area contributed by atoms with Gasteiger partial charge in [-0.15, -0.1) is 0 Å². The van der Waals surface area contributed by atoms with Crippen molar-refractivity contribution in [3.8, 4) is 11.4 Å². The van der Waals surface area contributed by atoms with E-state index < -0.39 is 0 Å². The molecule has 0 saturated heterocycles. The average molecular weight is 362 g/mol. The van der Waals surface area contributed by atoms with Crippen molar-refractivity contribution in [2.75, 3.05) is 23.4 Å². The molecule has 1 aliphatic heterocycles. The molecular formula is C20H18N4O3. The molecule has 0 saturated carbocycles. The summed E-state index contributed by atoms with van der Waals surface area (Å²) in [5, 5.41) is 6.99. The highest BCUT2D eigenvalue weighted by molar-refractivity contribution is 6.05. The van der Waals surface area contributed by atoms with Crippen molar-refractivity contribution < 1.29 is 14.3 Å². The fourth-order valence-electron chi connectivity index (χ4n) is 2.95. The van der Waals surface area contributed by atoms with Gasteiger partial charge in [0, 0.05) is 18.1 Å². The molecule has 0 aliphatic carbocycles. The van der Waals surface area contributed by atoms with Gasteiger partial charge in [-0.3, -0.25) is 14.5 Å². The number of amides is 2. The van der Waals surface area contributed by atoms with E-state index >= 15 is 0 Å². The lowest BCUT2D eigenvalue weighted by atomic mass is 10.1. The summed E-state index contributed by atoms with van der Waals surface area (Å²) in [5.74, 6) is 0.0957. The number of nitrogens with zero attached hydrogens (tertiary/aromatic N) is 3. The van der Waals surface area contributed by atoms with Gasteiger partial charge >= 0.3 is 0 Å². The van der Waals surface area contributed by atoms with Crippen LogP contribution < -0.4 is 15.0 Å². The van der Waals surface area contributed by atoms with E-state index in [-0.39, 0.29) is 25.0 Å². The van der Waals surface area contributed by atoms with Crippen LogP contribution >= 0.6 is 0 Å². The lowest BCUT2D eigenvalue weighted by Gasteiger charge is -2.29. The van der Waals surface area contributed by atoms with Crippen LogP contribution in [0.25, 0.3) is 5.69 Å². The molecule has 4 rings (SSSR count). The molecule has 0 radical (unpaired) electrons. The van der Waals surface area contributed by atoms with E-state index in [9.17, 15) is 9.59 Å². The van der Waals surface area contributed by atoms with Crippen molar-refractivity contribution in [3.05, 3.63) is 66.5 Å². The van der Waals surface area contributed by atoms with Crippen molar-refractivity contribution in [2.45, 2.75) is 6.92 Å². The molecule has 2 heterocycles. The Morgan fingerprint density at radius 1 is 1.22 bits per heavy atom. The van der Waals surface area contributed by atoms with E-state index in [0.29, 0.717) is 17.1 Å². The van der Waals surface area contributed by atoms with Gasteiger partial charge in [-0.05, 0) is 55.0 Å². The molecule has 27 heavy (non-hydrogen) atoms. The highest BCUT2D eigenvalue weighted by Gasteiger charge is 2.27. The van der Waals surface area contributed by atoms with Crippen LogP contribution in [0.3, 0.4) is 0 Å². The van der Waals surface area contributed by atoms with E-state index in [4.69, 9.17) is 4.74 Å². The number of rotatable bonds is 4. The lowest BCUT2D eigenvalue weighted by Crippen LogP contribution is -2.43. The number of aryl methyl sites for hydroxylation is 1. The van der Waals surface area contributed by atoms with Crippen molar-refractivity contribution in [2.24, 2.45) is 0 Å². The number of hydrogen-bond acceptors (Lipinski definition) is 4. The number of nitrogens with one attached hydrogen (secondary N) is 1. The van der Waals surface area contributed by atoms with Gasteiger partial charge in [0.05, 0.1) is 11.4 Å². The van der Waals surface area contributed by atoms with E-state index in [1.54, 1.807) is 23.0 Å². The molecule has 7 heteroatoms. The fraction of sp³-hybridized carbons (Fsp3) is 0.150. The maximum atomic E-state index is 12.5. The third kappa shape index (κ3) is 3.52. The Labute approximate surface area is 156 Å². The fourth-order valence-corrected chi connectivity index (χ4v) is 2.95. The molecule has 0 atom stereocenters. The van der Waals surface area contributed by atoms with Crippen LogP contribution in [0.1, 0.15) is 5.56 Å². The molecule has 2 aromatic carbocycles. The summed E-state index contributed by atoms with van der Waals surface area (Å²) >= 11 is 0. The van der Waals surface area contributed by atoms with Crippen molar-refractivity contribution >= 4 is 23.2 Å². The summed E-state index contributed by atoms with van der Waals surface area (Å²) < 4.78 is 7.17. The summed E-state index contributed by atoms with van der Waals surface area (Å²) in [6.07, 6.45) is 3.55. The molecule has 1 aromatic heterocycles. The molecule has 136 valence electrons. The smallest absolute Gasteiger partial charge is 0.265 e. The van der Waals surface area contributed by atoms with Crippen molar-refractivity contribution in [1.29, 1.82) is 0 Å². The Hall–Kier alpha value is -3.61. The first-order valence-electron chi connectivity index (χ1n) is 8.54. The molecule has 0 unspecified atom stereocenters. The zero-order chi connectivity index (χ0) is 18.8. The van der Waals surface area contributed by atoms with Gasteiger partial charge in [0.25, 0.3) is 5.91 Å². The minimum atomic E-state index is -0.274. The van der Waals surface area contributed by atoms with Gasteiger partial charge < -0.3 is 10.1 Å². The van der Waals surface area contributed by atoms with Gasteiger partial charge in [0.1, 0.15) is 12.3 Å². The summed E-state index contributed by atoms with van der Waals surface area (Å²) in [6.45, 7) is 1.79. The first-order chi connectivity index (χ1) is 13.1. The predicted molar refractivity (Wildman–Crippen MR) is 101 cm³/mol. The van der Waals surface area contributed by atoms with E-state index in [1.807, 2.05) is 49.5 Å². The number of aromatic nitrogens is 2. The molecule has 0 bridgehead atoms. The second-order valence-electron chi connectivity index (χ2n) is 6.29. The van der Waals surface area contributed by atoms with Crippen molar-refractivity contribution in [1.82, 2.24) is 9.78 Å². The molecule has 2 amide bonds. The average Bonchev–Trinajstić information content (AvgIpc) is 3.19. The Morgan fingerprint density at radius 3 is 2.78 bits per heavy atom. The van der Waals surface area contributed by atoms with E-state index in [1.165, 1.54) is 4.90 Å². The summed E-state index contributed by atoms with van der Waals surface area (Å²) in [7, 11) is 0. The highest BCUT2D eigenvalue weighted by atomic mass is 16.5. The largest absolute Gasteiger partial charge is 0.482 e. The monoisotopic (exact) mass is 362 g/mol. The van der Waals surface area contributed by atoms with Gasteiger partial charge in [-0.1, -0.05) is 6.07 Å². The molecule has 1 aliphatic rings. The quantitative estimate of drug-likeness (QED) is 0.774. The third-order valence-corrected chi connectivity index (χ3v) is 4.28. The molecule has 1 N–H and O–H groups in total. The number of fused-ring (bicyclic) bond motifs is 1. The standard InChI is InChI=1S/C20H18N4O3/c1-14-3-8-18-17(11-14)23(20(26)13-27-18)12-19(25)22-15-4-6-16(7-5-15)24-10-2-9-21-24/h2-11H,12-13H2,1H3,(H,22,25). The number of hydrogen-bond donors (Lipinski definition) is 1. The highest BCUT2D eigenvalue weighted by Crippen LogP contribution is 2.32. The topological polar surface area (TPSA) is 76.5 Å². The normalized spacial score (nSPS) is 13.1. The van der Waals surface area contributed by atoms with Crippen LogP contribution in [0, 0.1) is 6.92 Å². The number of anilines is 2. The van der Waals surface area contributed by atoms with E-state index in [0.717, 1.165) is 11.3 Å². The minimum absolute atomic E-state index is 0.0676. The zero-order valence-corrected chi connectivity index (χ0v) is 14.8. The van der Waals surface area contributed by atoms with Gasteiger partial charge in [0.15, 0.2) is 6.61 Å². The van der Waals surface area contributed by atoms with Crippen LogP contribution in [0.4, 0.5) is 11.4 Å². The minimum Gasteiger partial charge on any atom is -0.482 e. The van der Waals surface area contributed by atoms with Gasteiger partial charge in [0.2, 0.25) is 5.91 Å². The maximum Gasteiger partial charge on any atom is 0.265 e. The van der Waals surface area contributed by atoms with E-state index in [2.05, 4.69) is 10.4 Å². The second kappa shape index (κ2) is 6.95. The SMILES string of the molecule is Cc1ccc2c(c1)N(CC(=O)Nc1ccc(-n3cccn3)cc1)C(=O)CO2. The maximum absolute atomic E-state index is 12.5. The molecule has 0 spiro atoms. The third-order valence-electron chi connectivity index (χ3n) is 4.28. The summed E-state index contributed by atoms with van der Waals surface area (Å²) in [6, 6.07) is 14.7. The molecule has 0 fully saturated rings. The van der Waals surface area contributed by atoms with Crippen LogP contribution in [0.15, 0.2) is 60.9 Å². The first kappa shape index (κ1) is 16.8. The second-order valence-corrected chi connectivity index (χ2v) is 6.29. The summed E-state index contributed by atoms with van der Waals surface area (Å²) in [4.78, 5) is 26.2. The zero-order valence-electron chi connectivity index (χ0n) is 14.8. The lowest BCUT2D eigenvalue weighted by molar-refractivity contribution is -0.123. The van der Waals surface area contributed by atoms with Crippen LogP contribution in [-0.4, -0.2) is 34.7 Å². The summed E-state index contributed by atoms with van der Waals surface area (Å²) in [5.41, 5.74) is 3.16. The molecular weight excluding hydrogens is 344 g/mol. The van der Waals surface area contributed by atoms with Crippen LogP contribution in [0.2, 0.25) is 0 Å².